The summed E-state index contributed by atoms with van der Waals surface area (Å²) in [6.45, 7) is 0. The molecule has 6 aromatic carbocycles. The Labute approximate surface area is 297 Å². The first-order valence-electron chi connectivity index (χ1n) is 16.7. The van der Waals surface area contributed by atoms with Crippen LogP contribution in [0.5, 0.6) is 0 Å². The molecule has 0 saturated heterocycles. The number of hydrogen-bond acceptors (Lipinski definition) is 7. The lowest BCUT2D eigenvalue weighted by Crippen LogP contribution is -2.21. The summed E-state index contributed by atoms with van der Waals surface area (Å²) in [7, 11) is 0. The summed E-state index contributed by atoms with van der Waals surface area (Å²) in [5.41, 5.74) is 8.52. The first-order valence-corrected chi connectivity index (χ1v) is 16.7. The highest BCUT2D eigenvalue weighted by atomic mass is 15.3. The molecule has 0 amide bonds. The van der Waals surface area contributed by atoms with Crippen LogP contribution < -0.4 is 14.7 Å². The molecule has 0 fully saturated rings. The van der Waals surface area contributed by atoms with Crippen LogP contribution in [-0.2, 0) is 0 Å². The van der Waals surface area contributed by atoms with Gasteiger partial charge in [0.15, 0.2) is 5.82 Å². The van der Waals surface area contributed by atoms with Gasteiger partial charge in [-0.25, -0.2) is 19.9 Å². The van der Waals surface area contributed by atoms with E-state index in [0.29, 0.717) is 11.8 Å². The van der Waals surface area contributed by atoms with Crippen molar-refractivity contribution in [1.29, 1.82) is 0 Å². The maximum Gasteiger partial charge on any atom is 0.234 e. The highest BCUT2D eigenvalue weighted by Gasteiger charge is 2.27. The van der Waals surface area contributed by atoms with E-state index in [1.807, 2.05) is 24.3 Å². The second-order valence-corrected chi connectivity index (χ2v) is 11.7. The van der Waals surface area contributed by atoms with Crippen molar-refractivity contribution in [2.45, 2.75) is 0 Å². The summed E-state index contributed by atoms with van der Waals surface area (Å²) in [6, 6.07) is 60.2. The highest BCUT2D eigenvalue weighted by molar-refractivity contribution is 5.95. The number of benzene rings is 6. The van der Waals surface area contributed by atoms with E-state index in [2.05, 4.69) is 170 Å². The van der Waals surface area contributed by atoms with Gasteiger partial charge in [-0.15, -0.1) is 0 Å². The average Bonchev–Trinajstić information content (AvgIpc) is 3.22. The Morgan fingerprint density at radius 2 is 0.608 bits per heavy atom. The predicted molar refractivity (Wildman–Crippen MR) is 207 cm³/mol. The van der Waals surface area contributed by atoms with Crippen LogP contribution in [0.25, 0.3) is 11.4 Å². The number of rotatable bonds is 10. The smallest absolute Gasteiger partial charge is 0.234 e. The largest absolute Gasteiger partial charge is 0.308 e. The Hall–Kier alpha value is -7.12. The third-order valence-electron chi connectivity index (χ3n) is 8.45. The third-order valence-corrected chi connectivity index (χ3v) is 8.45. The molecule has 0 aliphatic rings. The molecule has 0 unspecified atom stereocenters. The maximum absolute atomic E-state index is 5.00. The van der Waals surface area contributed by atoms with Crippen LogP contribution in [0.15, 0.2) is 201 Å². The number of aromatic nitrogens is 4. The van der Waals surface area contributed by atoms with E-state index < -0.39 is 0 Å². The fraction of sp³-hybridized carbons (Fsp3) is 0. The monoisotopic (exact) mass is 659 g/mol. The van der Waals surface area contributed by atoms with Gasteiger partial charge in [0.25, 0.3) is 0 Å². The zero-order chi connectivity index (χ0) is 34.2. The number of para-hydroxylation sites is 8. The predicted octanol–water partition coefficient (Wildman–Crippen LogP) is 11.3. The van der Waals surface area contributed by atoms with E-state index in [1.165, 1.54) is 0 Å². The molecule has 0 atom stereocenters. The van der Waals surface area contributed by atoms with Crippen molar-refractivity contribution < 1.29 is 0 Å². The quantitative estimate of drug-likeness (QED) is 0.145. The van der Waals surface area contributed by atoms with Gasteiger partial charge in [-0.1, -0.05) is 97.1 Å². The molecule has 244 valence electrons. The van der Waals surface area contributed by atoms with Gasteiger partial charge in [-0.05, 0) is 78.9 Å². The zero-order valence-corrected chi connectivity index (χ0v) is 27.7. The van der Waals surface area contributed by atoms with Gasteiger partial charge in [-0.2, -0.15) is 0 Å². The van der Waals surface area contributed by atoms with E-state index in [0.717, 1.165) is 51.1 Å². The Balaban J connectivity index is 1.38. The molecule has 0 bridgehead atoms. The molecular weight excluding hydrogens is 627 g/mol. The van der Waals surface area contributed by atoms with Crippen LogP contribution in [0.3, 0.4) is 0 Å². The van der Waals surface area contributed by atoms with Gasteiger partial charge in [0, 0.05) is 47.5 Å². The molecule has 7 heteroatoms. The van der Waals surface area contributed by atoms with Crippen molar-refractivity contribution >= 4 is 51.4 Å². The lowest BCUT2D eigenvalue weighted by atomic mass is 10.1. The molecule has 0 spiro atoms. The fourth-order valence-electron chi connectivity index (χ4n) is 6.19. The summed E-state index contributed by atoms with van der Waals surface area (Å²) in [5.74, 6) is 1.06. The second kappa shape index (κ2) is 14.6. The summed E-state index contributed by atoms with van der Waals surface area (Å²) in [6.07, 6.45) is 7.01. The van der Waals surface area contributed by atoms with Crippen LogP contribution in [0.4, 0.5) is 51.4 Å². The van der Waals surface area contributed by atoms with Crippen LogP contribution in [0.1, 0.15) is 0 Å². The van der Waals surface area contributed by atoms with Gasteiger partial charge in [0.1, 0.15) is 0 Å². The zero-order valence-electron chi connectivity index (χ0n) is 27.7. The van der Waals surface area contributed by atoms with Crippen LogP contribution >= 0.6 is 0 Å². The Bertz CT molecular complexity index is 2100. The average molecular weight is 660 g/mol. The summed E-state index contributed by atoms with van der Waals surface area (Å²) in [5, 5.41) is 0. The molecule has 0 aliphatic carbocycles. The maximum atomic E-state index is 5.00. The number of anilines is 9. The molecule has 8 rings (SSSR count). The molecule has 7 nitrogen and oxygen atoms in total. The normalized spacial score (nSPS) is 10.7. The van der Waals surface area contributed by atoms with Crippen molar-refractivity contribution in [3.63, 3.8) is 0 Å². The van der Waals surface area contributed by atoms with Crippen molar-refractivity contribution in [2.24, 2.45) is 0 Å². The summed E-state index contributed by atoms with van der Waals surface area (Å²) >= 11 is 0. The summed E-state index contributed by atoms with van der Waals surface area (Å²) in [4.78, 5) is 25.5. The third kappa shape index (κ3) is 6.51. The fourth-order valence-corrected chi connectivity index (χ4v) is 6.19. The lowest BCUT2D eigenvalue weighted by molar-refractivity contribution is 1.06. The van der Waals surface area contributed by atoms with E-state index in [9.17, 15) is 0 Å². The van der Waals surface area contributed by atoms with E-state index in [4.69, 9.17) is 9.97 Å². The molecule has 2 aromatic heterocycles. The second-order valence-electron chi connectivity index (χ2n) is 11.7. The summed E-state index contributed by atoms with van der Waals surface area (Å²) < 4.78 is 0. The molecule has 0 N–H and O–H groups in total. The topological polar surface area (TPSA) is 61.3 Å². The number of hydrogen-bond donors (Lipinski definition) is 0. The van der Waals surface area contributed by atoms with E-state index >= 15 is 0 Å². The highest BCUT2D eigenvalue weighted by Crippen LogP contribution is 2.49. The minimum Gasteiger partial charge on any atom is -0.308 e. The Morgan fingerprint density at radius 3 is 0.961 bits per heavy atom. The SMILES string of the molecule is c1ccc(N(c2ccccc2)c2ccccc2N(c2ncc(-c3ncccn3)cn2)c2ccccc2N(c2ccccc2)c2ccccc2)cc1. The minimum absolute atomic E-state index is 0.497. The van der Waals surface area contributed by atoms with Crippen LogP contribution in [0, 0.1) is 0 Å². The molecule has 0 radical (unpaired) electrons. The van der Waals surface area contributed by atoms with Gasteiger partial charge >= 0.3 is 0 Å². The van der Waals surface area contributed by atoms with Crippen molar-refractivity contribution in [1.82, 2.24) is 19.9 Å². The standard InChI is InChI=1S/C44H33N7/c1-5-18-35(19-6-1)49(36-20-7-2-8-21-36)39-26-13-15-28-41(39)51(44-47-32-34(33-48-44)43-45-30-17-31-46-43)42-29-16-14-27-40(42)50(37-22-9-3-10-23-37)38-24-11-4-12-25-38/h1-33H. The molecule has 0 aliphatic heterocycles. The first-order chi connectivity index (χ1) is 25.3. The molecule has 8 aromatic rings. The molecule has 0 saturated carbocycles. The first kappa shape index (κ1) is 31.2. The van der Waals surface area contributed by atoms with Crippen molar-refractivity contribution in [3.05, 3.63) is 201 Å². The van der Waals surface area contributed by atoms with E-state index in [1.54, 1.807) is 30.9 Å². The van der Waals surface area contributed by atoms with Gasteiger partial charge in [0.05, 0.1) is 28.3 Å². The number of nitrogens with zero attached hydrogens (tertiary/aromatic N) is 7. The van der Waals surface area contributed by atoms with Crippen molar-refractivity contribution in [3.8, 4) is 11.4 Å². The minimum atomic E-state index is 0.497. The van der Waals surface area contributed by atoms with Gasteiger partial charge in [-0.3, -0.25) is 4.90 Å². The molecular formula is C44H33N7. The Morgan fingerprint density at radius 1 is 0.294 bits per heavy atom. The van der Waals surface area contributed by atoms with Crippen LogP contribution in [-0.4, -0.2) is 19.9 Å². The molecule has 51 heavy (non-hydrogen) atoms. The van der Waals surface area contributed by atoms with Gasteiger partial charge < -0.3 is 9.80 Å². The van der Waals surface area contributed by atoms with Crippen molar-refractivity contribution in [2.75, 3.05) is 14.7 Å². The van der Waals surface area contributed by atoms with E-state index in [-0.39, 0.29) is 0 Å². The Kier molecular flexibility index (Phi) is 8.90. The van der Waals surface area contributed by atoms with Gasteiger partial charge in [0.2, 0.25) is 5.95 Å². The lowest BCUT2D eigenvalue weighted by Gasteiger charge is -2.35. The molecule has 2 heterocycles. The van der Waals surface area contributed by atoms with Crippen LogP contribution in [0.2, 0.25) is 0 Å².